The van der Waals surface area contributed by atoms with Crippen LogP contribution in [-0.4, -0.2) is 62.1 Å². The van der Waals surface area contributed by atoms with Gasteiger partial charge in [0.25, 0.3) is 6.47 Å². The van der Waals surface area contributed by atoms with Gasteiger partial charge in [-0.15, -0.1) is 0 Å². The molecule has 114 valence electrons. The zero-order valence-electron chi connectivity index (χ0n) is 13.2. The zero-order chi connectivity index (χ0) is 14.5. The second-order valence-electron chi connectivity index (χ2n) is 5.49. The predicted octanol–water partition coefficient (Wildman–Crippen LogP) is 2.38. The first-order chi connectivity index (χ1) is 9.10. The Kier molecular flexibility index (Phi) is 12.0. The molecule has 0 radical (unpaired) electrons. The molecule has 1 fully saturated rings. The normalized spacial score (nSPS) is 16.9. The second kappa shape index (κ2) is 12.4. The van der Waals surface area contributed by atoms with Crippen molar-refractivity contribution in [2.24, 2.45) is 0 Å². The van der Waals surface area contributed by atoms with Crippen molar-refractivity contribution >= 4 is 6.47 Å². The molecule has 0 aliphatic carbocycles. The second-order valence-corrected chi connectivity index (χ2v) is 5.49. The summed E-state index contributed by atoms with van der Waals surface area (Å²) in [6.07, 6.45) is 5.61. The van der Waals surface area contributed by atoms with E-state index < -0.39 is 0 Å². The molecule has 0 N–H and O–H groups in total. The maximum absolute atomic E-state index is 9.39. The molecule has 1 rings (SSSR count). The van der Waals surface area contributed by atoms with Crippen LogP contribution in [0.5, 0.6) is 0 Å². The van der Waals surface area contributed by atoms with E-state index in [0.717, 1.165) is 0 Å². The fourth-order valence-electron chi connectivity index (χ4n) is 1.94. The fraction of sp³-hybridized carbons (Fsp3) is 0.933. The first-order valence-corrected chi connectivity index (χ1v) is 7.60. The summed E-state index contributed by atoms with van der Waals surface area (Å²) in [5, 5.41) is 0. The first-order valence-electron chi connectivity index (χ1n) is 7.60. The molecule has 0 saturated carbocycles. The van der Waals surface area contributed by atoms with Crippen molar-refractivity contribution in [2.75, 3.05) is 39.8 Å². The Morgan fingerprint density at radius 3 is 2.16 bits per heavy atom. The van der Waals surface area contributed by atoms with Crippen molar-refractivity contribution in [1.82, 2.24) is 9.80 Å². The fourth-order valence-corrected chi connectivity index (χ4v) is 1.94. The molecule has 0 unspecified atom stereocenters. The largest absolute Gasteiger partial charge is 0.465 e. The van der Waals surface area contributed by atoms with Gasteiger partial charge in [0, 0.05) is 26.2 Å². The average molecular weight is 272 g/mol. The highest BCUT2D eigenvalue weighted by Crippen LogP contribution is 2.04. The van der Waals surface area contributed by atoms with Gasteiger partial charge < -0.3 is 14.5 Å². The number of hydrogen-bond acceptors (Lipinski definition) is 4. The summed E-state index contributed by atoms with van der Waals surface area (Å²) in [4.78, 5) is 14.4. The summed E-state index contributed by atoms with van der Waals surface area (Å²) in [7, 11) is 2.22. The highest BCUT2D eigenvalue weighted by atomic mass is 16.5. The van der Waals surface area contributed by atoms with E-state index in [1.54, 1.807) is 13.8 Å². The van der Waals surface area contributed by atoms with Gasteiger partial charge >= 0.3 is 0 Å². The molecule has 19 heavy (non-hydrogen) atoms. The molecule has 0 aromatic rings. The van der Waals surface area contributed by atoms with E-state index in [9.17, 15) is 4.79 Å². The van der Waals surface area contributed by atoms with E-state index >= 15 is 0 Å². The van der Waals surface area contributed by atoms with Crippen LogP contribution in [0.3, 0.4) is 0 Å². The van der Waals surface area contributed by atoms with Gasteiger partial charge in [0.2, 0.25) is 0 Å². The third kappa shape index (κ3) is 12.2. The Balaban J connectivity index is 0.000000459. The molecule has 4 nitrogen and oxygen atoms in total. The van der Waals surface area contributed by atoms with Crippen molar-refractivity contribution in [2.45, 2.75) is 52.6 Å². The van der Waals surface area contributed by atoms with Crippen molar-refractivity contribution in [3.8, 4) is 0 Å². The Morgan fingerprint density at radius 1 is 1.11 bits per heavy atom. The van der Waals surface area contributed by atoms with Crippen LogP contribution in [0.1, 0.15) is 46.5 Å². The molecule has 1 aliphatic rings. The lowest BCUT2D eigenvalue weighted by Crippen LogP contribution is -2.44. The Morgan fingerprint density at radius 2 is 1.74 bits per heavy atom. The van der Waals surface area contributed by atoms with Crippen molar-refractivity contribution in [3.05, 3.63) is 0 Å². The van der Waals surface area contributed by atoms with Crippen molar-refractivity contribution < 1.29 is 9.53 Å². The van der Waals surface area contributed by atoms with E-state index in [-0.39, 0.29) is 6.10 Å². The van der Waals surface area contributed by atoms with Gasteiger partial charge in [-0.05, 0) is 33.9 Å². The lowest BCUT2D eigenvalue weighted by molar-refractivity contribution is -0.131. The van der Waals surface area contributed by atoms with Gasteiger partial charge in [0.1, 0.15) is 0 Å². The standard InChI is InChI=1S/C11H24N2.C4H8O2/c1-3-4-5-6-7-13-10-8-12(2)9-11-13;1-4(2)6-3-5/h3-11H2,1-2H3;3-4H,1-2H3. The quantitative estimate of drug-likeness (QED) is 0.526. The van der Waals surface area contributed by atoms with Crippen LogP contribution < -0.4 is 0 Å². The van der Waals surface area contributed by atoms with Crippen LogP contribution in [0.2, 0.25) is 0 Å². The van der Waals surface area contributed by atoms with Crippen LogP contribution in [0.4, 0.5) is 0 Å². The Hall–Kier alpha value is -0.610. The molecule has 1 saturated heterocycles. The summed E-state index contributed by atoms with van der Waals surface area (Å²) < 4.78 is 4.36. The van der Waals surface area contributed by atoms with Crippen LogP contribution in [0, 0.1) is 0 Å². The number of rotatable bonds is 7. The minimum Gasteiger partial charge on any atom is -0.465 e. The first kappa shape index (κ1) is 18.4. The maximum Gasteiger partial charge on any atom is 0.293 e. The Bertz CT molecular complexity index is 202. The monoisotopic (exact) mass is 272 g/mol. The van der Waals surface area contributed by atoms with Crippen LogP contribution in [-0.2, 0) is 9.53 Å². The summed E-state index contributed by atoms with van der Waals surface area (Å²) in [5.74, 6) is 0. The van der Waals surface area contributed by atoms with E-state index in [1.807, 2.05) is 0 Å². The summed E-state index contributed by atoms with van der Waals surface area (Å²) in [5.41, 5.74) is 0. The zero-order valence-corrected chi connectivity index (χ0v) is 13.2. The van der Waals surface area contributed by atoms with Crippen LogP contribution >= 0.6 is 0 Å². The number of ether oxygens (including phenoxy) is 1. The van der Waals surface area contributed by atoms with Gasteiger partial charge in [-0.3, -0.25) is 4.79 Å². The lowest BCUT2D eigenvalue weighted by Gasteiger charge is -2.32. The summed E-state index contributed by atoms with van der Waals surface area (Å²) in [6, 6.07) is 0. The molecule has 0 atom stereocenters. The number of carbonyl (C=O) groups is 1. The van der Waals surface area contributed by atoms with Gasteiger partial charge in [0.15, 0.2) is 0 Å². The summed E-state index contributed by atoms with van der Waals surface area (Å²) in [6.45, 7) is 12.7. The molecule has 0 spiro atoms. The van der Waals surface area contributed by atoms with Gasteiger partial charge in [-0.1, -0.05) is 26.2 Å². The predicted molar refractivity (Wildman–Crippen MR) is 80.4 cm³/mol. The van der Waals surface area contributed by atoms with Gasteiger partial charge in [-0.2, -0.15) is 0 Å². The van der Waals surface area contributed by atoms with Crippen LogP contribution in [0.15, 0.2) is 0 Å². The number of nitrogens with zero attached hydrogens (tertiary/aromatic N) is 2. The lowest BCUT2D eigenvalue weighted by atomic mass is 10.2. The molecule has 0 amide bonds. The highest BCUT2D eigenvalue weighted by molar-refractivity contribution is 5.37. The van der Waals surface area contributed by atoms with Crippen LogP contribution in [0.25, 0.3) is 0 Å². The Labute approximate surface area is 119 Å². The number of likely N-dealkylation sites (N-methyl/N-ethyl adjacent to an activating group) is 1. The molecular weight excluding hydrogens is 240 g/mol. The number of piperazine rings is 1. The summed E-state index contributed by atoms with van der Waals surface area (Å²) >= 11 is 0. The highest BCUT2D eigenvalue weighted by Gasteiger charge is 2.12. The third-order valence-corrected chi connectivity index (χ3v) is 3.25. The average Bonchev–Trinajstić information content (AvgIpc) is 2.37. The SMILES string of the molecule is CC(C)OC=O.CCCCCCN1CCN(C)CC1. The molecule has 0 aromatic carbocycles. The topological polar surface area (TPSA) is 32.8 Å². The minimum absolute atomic E-state index is 0.0301. The molecule has 0 bridgehead atoms. The van der Waals surface area contributed by atoms with Crippen molar-refractivity contribution in [1.29, 1.82) is 0 Å². The molecular formula is C15H32N2O2. The number of hydrogen-bond donors (Lipinski definition) is 0. The third-order valence-electron chi connectivity index (χ3n) is 3.25. The minimum atomic E-state index is 0.0301. The smallest absolute Gasteiger partial charge is 0.293 e. The van der Waals surface area contributed by atoms with Gasteiger partial charge in [0.05, 0.1) is 6.10 Å². The van der Waals surface area contributed by atoms with Gasteiger partial charge in [-0.25, -0.2) is 0 Å². The van der Waals surface area contributed by atoms with E-state index in [1.165, 1.54) is 58.4 Å². The molecule has 4 heteroatoms. The maximum atomic E-state index is 9.39. The van der Waals surface area contributed by atoms with E-state index in [2.05, 4.69) is 28.5 Å². The van der Waals surface area contributed by atoms with E-state index in [4.69, 9.17) is 0 Å². The number of unbranched alkanes of at least 4 members (excludes halogenated alkanes) is 3. The number of carbonyl (C=O) groups excluding carboxylic acids is 1. The molecule has 0 aromatic heterocycles. The molecule has 1 aliphatic heterocycles. The van der Waals surface area contributed by atoms with Crippen molar-refractivity contribution in [3.63, 3.8) is 0 Å². The van der Waals surface area contributed by atoms with E-state index in [0.29, 0.717) is 6.47 Å². The molecule has 1 heterocycles.